The molecule has 2 fully saturated rings. The molecule has 0 radical (unpaired) electrons. The van der Waals surface area contributed by atoms with Crippen molar-refractivity contribution in [1.29, 1.82) is 0 Å². The van der Waals surface area contributed by atoms with E-state index >= 15 is 0 Å². The van der Waals surface area contributed by atoms with Gasteiger partial charge in [-0.3, -0.25) is 9.59 Å². The minimum Gasteiger partial charge on any atom is -0.459 e. The lowest BCUT2D eigenvalue weighted by Crippen LogP contribution is -2.93. The van der Waals surface area contributed by atoms with Gasteiger partial charge in [-0.2, -0.15) is 0 Å². The molecule has 1 aromatic heterocycles. The van der Waals surface area contributed by atoms with Gasteiger partial charge in [-0.25, -0.2) is 0 Å². The second-order valence-electron chi connectivity index (χ2n) is 5.91. The predicted octanol–water partition coefficient (Wildman–Crippen LogP) is -0.322. The highest BCUT2D eigenvalue weighted by Crippen LogP contribution is 2.14. The molecular formula is C15H22N3O3+. The lowest BCUT2D eigenvalue weighted by atomic mass is 10.2. The van der Waals surface area contributed by atoms with Gasteiger partial charge in [0.1, 0.15) is 0 Å². The third-order valence-electron chi connectivity index (χ3n) is 4.18. The van der Waals surface area contributed by atoms with Gasteiger partial charge in [0.2, 0.25) is 0 Å². The second-order valence-corrected chi connectivity index (χ2v) is 5.91. The summed E-state index contributed by atoms with van der Waals surface area (Å²) in [6.07, 6.45) is 3.95. The number of hydrogen-bond acceptors (Lipinski definition) is 3. The van der Waals surface area contributed by atoms with Gasteiger partial charge in [0.05, 0.1) is 12.3 Å². The van der Waals surface area contributed by atoms with Gasteiger partial charge < -0.3 is 19.5 Å². The van der Waals surface area contributed by atoms with Gasteiger partial charge in [0.15, 0.2) is 11.8 Å². The first kappa shape index (κ1) is 14.1. The summed E-state index contributed by atoms with van der Waals surface area (Å²) >= 11 is 0. The fourth-order valence-corrected chi connectivity index (χ4v) is 2.75. The van der Waals surface area contributed by atoms with E-state index in [2.05, 4.69) is 5.32 Å². The number of nitrogens with zero attached hydrogens (tertiary/aromatic N) is 2. The van der Waals surface area contributed by atoms with Gasteiger partial charge in [-0.05, 0) is 19.1 Å². The Bertz CT molecular complexity index is 502. The summed E-state index contributed by atoms with van der Waals surface area (Å²) in [6.45, 7) is 4.33. The lowest BCUT2D eigenvalue weighted by Gasteiger charge is -2.35. The van der Waals surface area contributed by atoms with Crippen LogP contribution in [0.15, 0.2) is 22.8 Å². The van der Waals surface area contributed by atoms with E-state index in [0.717, 1.165) is 0 Å². The molecule has 6 nitrogen and oxygen atoms in total. The molecule has 0 aromatic carbocycles. The van der Waals surface area contributed by atoms with Crippen molar-refractivity contribution in [1.82, 2.24) is 9.80 Å². The zero-order valence-electron chi connectivity index (χ0n) is 12.3. The van der Waals surface area contributed by atoms with E-state index in [9.17, 15) is 9.59 Å². The van der Waals surface area contributed by atoms with E-state index in [1.165, 1.54) is 19.1 Å². The smallest absolute Gasteiger partial charge is 0.289 e. The summed E-state index contributed by atoms with van der Waals surface area (Å²) in [4.78, 5) is 28.1. The van der Waals surface area contributed by atoms with Crippen molar-refractivity contribution in [3.05, 3.63) is 24.2 Å². The van der Waals surface area contributed by atoms with E-state index in [1.807, 2.05) is 11.8 Å². The van der Waals surface area contributed by atoms with Crippen LogP contribution in [0, 0.1) is 0 Å². The average Bonchev–Trinajstić information content (AvgIpc) is 3.15. The van der Waals surface area contributed by atoms with E-state index in [1.54, 1.807) is 17.0 Å². The van der Waals surface area contributed by atoms with Crippen molar-refractivity contribution in [2.45, 2.75) is 31.8 Å². The van der Waals surface area contributed by atoms with Crippen molar-refractivity contribution in [2.75, 3.05) is 26.2 Å². The number of quaternary nitrogens is 1. The summed E-state index contributed by atoms with van der Waals surface area (Å²) < 4.78 is 5.13. The number of carbonyl (C=O) groups is 2. The number of piperazine rings is 1. The summed E-state index contributed by atoms with van der Waals surface area (Å²) in [5.41, 5.74) is 0. The zero-order valence-corrected chi connectivity index (χ0v) is 12.3. The molecule has 1 atom stereocenters. The average molecular weight is 292 g/mol. The fraction of sp³-hybridized carbons (Fsp3) is 0.600. The van der Waals surface area contributed by atoms with Gasteiger partial charge in [-0.1, -0.05) is 0 Å². The molecule has 1 aliphatic carbocycles. The van der Waals surface area contributed by atoms with Crippen LogP contribution in [0.1, 0.15) is 30.3 Å². The Morgan fingerprint density at radius 2 is 1.90 bits per heavy atom. The molecule has 0 bridgehead atoms. The predicted molar refractivity (Wildman–Crippen MR) is 75.6 cm³/mol. The highest BCUT2D eigenvalue weighted by Gasteiger charge is 2.34. The summed E-state index contributed by atoms with van der Waals surface area (Å²) in [5.74, 6) is 0.460. The van der Waals surface area contributed by atoms with E-state index < -0.39 is 0 Å². The van der Waals surface area contributed by atoms with E-state index in [0.29, 0.717) is 38.0 Å². The maximum Gasteiger partial charge on any atom is 0.289 e. The van der Waals surface area contributed by atoms with E-state index in [-0.39, 0.29) is 17.9 Å². The Morgan fingerprint density at radius 1 is 1.24 bits per heavy atom. The van der Waals surface area contributed by atoms with Crippen LogP contribution in [0.5, 0.6) is 0 Å². The Labute approximate surface area is 124 Å². The minimum absolute atomic E-state index is 0.00942. The highest BCUT2D eigenvalue weighted by molar-refractivity contribution is 5.91. The fourth-order valence-electron chi connectivity index (χ4n) is 2.75. The lowest BCUT2D eigenvalue weighted by molar-refractivity contribution is -0.687. The van der Waals surface area contributed by atoms with Gasteiger partial charge in [-0.15, -0.1) is 0 Å². The molecular weight excluding hydrogens is 270 g/mol. The molecule has 0 unspecified atom stereocenters. The standard InChI is InChI=1S/C15H21N3O3/c1-11(16-12-4-5-12)14(19)17-6-8-18(9-7-17)15(20)13-3-2-10-21-13/h2-3,10-12,16H,4-9H2,1H3/p+1/t11-/m1/s1. The van der Waals surface area contributed by atoms with Crippen molar-refractivity contribution < 1.29 is 19.3 Å². The molecule has 1 aromatic rings. The molecule has 2 heterocycles. The molecule has 3 rings (SSSR count). The van der Waals surface area contributed by atoms with Gasteiger partial charge in [0, 0.05) is 39.0 Å². The Hall–Kier alpha value is -1.82. The first-order valence-corrected chi connectivity index (χ1v) is 7.61. The molecule has 0 spiro atoms. The minimum atomic E-state index is -0.0929. The number of furan rings is 1. The van der Waals surface area contributed by atoms with Crippen LogP contribution in [0.25, 0.3) is 0 Å². The van der Waals surface area contributed by atoms with Crippen LogP contribution in [-0.2, 0) is 4.79 Å². The normalized spacial score (nSPS) is 20.4. The molecule has 2 amide bonds. The zero-order chi connectivity index (χ0) is 14.8. The van der Waals surface area contributed by atoms with Crippen LogP contribution in [0.2, 0.25) is 0 Å². The third kappa shape index (κ3) is 3.26. The maximum absolute atomic E-state index is 12.3. The first-order chi connectivity index (χ1) is 10.1. The molecule has 2 N–H and O–H groups in total. The first-order valence-electron chi connectivity index (χ1n) is 7.61. The number of hydrogen-bond donors (Lipinski definition) is 1. The Kier molecular flexibility index (Phi) is 3.96. The Morgan fingerprint density at radius 3 is 2.48 bits per heavy atom. The molecule has 1 saturated heterocycles. The quantitative estimate of drug-likeness (QED) is 0.827. The third-order valence-corrected chi connectivity index (χ3v) is 4.18. The van der Waals surface area contributed by atoms with E-state index in [4.69, 9.17) is 4.42 Å². The number of rotatable bonds is 4. The molecule has 2 aliphatic rings. The number of nitrogens with two attached hydrogens (primary N) is 1. The molecule has 1 aliphatic heterocycles. The van der Waals surface area contributed by atoms with Crippen molar-refractivity contribution in [3.8, 4) is 0 Å². The largest absolute Gasteiger partial charge is 0.459 e. The Balaban J connectivity index is 1.50. The molecule has 6 heteroatoms. The monoisotopic (exact) mass is 292 g/mol. The van der Waals surface area contributed by atoms with Crippen LogP contribution < -0.4 is 5.32 Å². The summed E-state index contributed by atoms with van der Waals surface area (Å²) in [7, 11) is 0. The van der Waals surface area contributed by atoms with Crippen LogP contribution in [-0.4, -0.2) is 59.9 Å². The van der Waals surface area contributed by atoms with Gasteiger partial charge >= 0.3 is 0 Å². The van der Waals surface area contributed by atoms with Crippen molar-refractivity contribution >= 4 is 11.8 Å². The van der Waals surface area contributed by atoms with Crippen LogP contribution >= 0.6 is 0 Å². The number of amides is 2. The highest BCUT2D eigenvalue weighted by atomic mass is 16.3. The SMILES string of the molecule is C[C@@H]([NH2+]C1CC1)C(=O)N1CCN(C(=O)c2ccco2)CC1. The second kappa shape index (κ2) is 5.89. The van der Waals surface area contributed by atoms with Crippen molar-refractivity contribution in [3.63, 3.8) is 0 Å². The molecule has 1 saturated carbocycles. The maximum atomic E-state index is 12.3. The van der Waals surface area contributed by atoms with Crippen LogP contribution in [0.3, 0.4) is 0 Å². The van der Waals surface area contributed by atoms with Crippen LogP contribution in [0.4, 0.5) is 0 Å². The number of carbonyl (C=O) groups excluding carboxylic acids is 2. The topological polar surface area (TPSA) is 70.4 Å². The molecule has 21 heavy (non-hydrogen) atoms. The van der Waals surface area contributed by atoms with Gasteiger partial charge in [0.25, 0.3) is 11.8 Å². The summed E-state index contributed by atoms with van der Waals surface area (Å²) in [6, 6.07) is 4.02. The van der Waals surface area contributed by atoms with Crippen molar-refractivity contribution in [2.24, 2.45) is 0 Å². The molecule has 114 valence electrons. The summed E-state index contributed by atoms with van der Waals surface area (Å²) in [5, 5.41) is 2.17.